The van der Waals surface area contributed by atoms with Crippen LogP contribution in [0.1, 0.15) is 26.2 Å². The summed E-state index contributed by atoms with van der Waals surface area (Å²) < 4.78 is 27.1. The predicted molar refractivity (Wildman–Crippen MR) is 89.0 cm³/mol. The summed E-state index contributed by atoms with van der Waals surface area (Å²) in [5, 5.41) is 3.73. The maximum absolute atomic E-state index is 11.9. The molecule has 0 heterocycles. The Kier molecular flexibility index (Phi) is 7.87. The van der Waals surface area contributed by atoms with Gasteiger partial charge < -0.3 is 5.32 Å². The average Bonchev–Trinajstić information content (AvgIpc) is 2.38. The lowest BCUT2D eigenvalue weighted by Crippen LogP contribution is -2.19. The molecule has 20 heavy (non-hydrogen) atoms. The van der Waals surface area contributed by atoms with Crippen LogP contribution in [0.5, 0.6) is 0 Å². The normalized spacial score (nSPS) is 11.6. The Labute approximate surface area is 134 Å². The van der Waals surface area contributed by atoms with E-state index in [9.17, 15) is 8.42 Å². The fraction of sp³-hybridized carbons (Fsp3) is 0.538. The molecule has 0 atom stereocenters. The topological polar surface area (TPSA) is 58.2 Å². The summed E-state index contributed by atoms with van der Waals surface area (Å²) in [7, 11) is -3.31. The summed E-state index contributed by atoms with van der Waals surface area (Å²) in [5.74, 6) is 0.120. The lowest BCUT2D eigenvalue weighted by atomic mass is 10.3. The highest BCUT2D eigenvalue weighted by Gasteiger charge is 2.10. The molecule has 2 N–H and O–H groups in total. The number of benzene rings is 1. The molecule has 0 aliphatic carbocycles. The van der Waals surface area contributed by atoms with Gasteiger partial charge in [-0.25, -0.2) is 8.42 Å². The van der Waals surface area contributed by atoms with Crippen LogP contribution in [-0.2, 0) is 10.0 Å². The Morgan fingerprint density at radius 1 is 1.25 bits per heavy atom. The molecule has 7 heteroatoms. The molecule has 1 aromatic rings. The second kappa shape index (κ2) is 8.87. The van der Waals surface area contributed by atoms with Crippen LogP contribution in [0.25, 0.3) is 0 Å². The first-order valence-corrected chi connectivity index (χ1v) is 9.43. The van der Waals surface area contributed by atoms with Crippen molar-refractivity contribution in [1.29, 1.82) is 0 Å². The number of anilines is 1. The van der Waals surface area contributed by atoms with Crippen molar-refractivity contribution in [3.63, 3.8) is 0 Å². The number of sulfonamides is 1. The molecule has 1 rings (SSSR count). The van der Waals surface area contributed by atoms with E-state index in [4.69, 9.17) is 11.6 Å². The van der Waals surface area contributed by atoms with Gasteiger partial charge >= 0.3 is 0 Å². The molecule has 0 saturated heterocycles. The zero-order valence-electron chi connectivity index (χ0n) is 11.5. The van der Waals surface area contributed by atoms with Crippen molar-refractivity contribution in [3.05, 3.63) is 27.7 Å². The van der Waals surface area contributed by atoms with Gasteiger partial charge in [-0.1, -0.05) is 18.5 Å². The molecule has 4 nitrogen and oxygen atoms in total. The minimum absolute atomic E-state index is 0.120. The Hall–Kier alpha value is -0.300. The number of hydrogen-bond donors (Lipinski definition) is 2. The van der Waals surface area contributed by atoms with Gasteiger partial charge in [0.05, 0.1) is 16.5 Å². The van der Waals surface area contributed by atoms with Crippen LogP contribution in [0.4, 0.5) is 5.69 Å². The first kappa shape index (κ1) is 17.8. The third-order valence-corrected chi connectivity index (χ3v) is 5.24. The summed E-state index contributed by atoms with van der Waals surface area (Å²) in [4.78, 5) is 0. The van der Waals surface area contributed by atoms with Crippen LogP contribution in [0.2, 0.25) is 5.02 Å². The van der Waals surface area contributed by atoms with E-state index in [1.165, 1.54) is 0 Å². The summed E-state index contributed by atoms with van der Waals surface area (Å²) in [6, 6.07) is 4.98. The van der Waals surface area contributed by atoms with Crippen LogP contribution in [-0.4, -0.2) is 27.3 Å². The Morgan fingerprint density at radius 2 is 2.00 bits per heavy atom. The molecule has 0 saturated carbocycles. The van der Waals surface area contributed by atoms with Crippen LogP contribution < -0.4 is 10.0 Å². The standard InChI is InChI=1S/C13H20BrClN2O2S/c1-2-7-16-8-3-4-9-20(18,19)17-11-5-6-12(14)13(15)10-11/h5-6,10,16-17H,2-4,7-9H2,1H3. The van der Waals surface area contributed by atoms with Crippen molar-refractivity contribution in [2.24, 2.45) is 0 Å². The van der Waals surface area contributed by atoms with Gasteiger partial charge in [-0.15, -0.1) is 0 Å². The molecule has 0 aliphatic rings. The van der Waals surface area contributed by atoms with E-state index in [0.29, 0.717) is 17.1 Å². The van der Waals surface area contributed by atoms with Crippen molar-refractivity contribution in [2.75, 3.05) is 23.6 Å². The number of hydrogen-bond acceptors (Lipinski definition) is 3. The van der Waals surface area contributed by atoms with Crippen molar-refractivity contribution >= 4 is 43.2 Å². The quantitative estimate of drug-likeness (QED) is 0.640. The molecule has 0 bridgehead atoms. The summed E-state index contributed by atoms with van der Waals surface area (Å²) in [6.45, 7) is 3.93. The minimum Gasteiger partial charge on any atom is -0.317 e. The molecule has 114 valence electrons. The fourth-order valence-corrected chi connectivity index (χ4v) is 3.23. The van der Waals surface area contributed by atoms with Crippen LogP contribution >= 0.6 is 27.5 Å². The van der Waals surface area contributed by atoms with Crippen molar-refractivity contribution in [3.8, 4) is 0 Å². The van der Waals surface area contributed by atoms with E-state index in [2.05, 4.69) is 32.9 Å². The Morgan fingerprint density at radius 3 is 2.65 bits per heavy atom. The fourth-order valence-electron chi connectivity index (χ4n) is 1.63. The smallest absolute Gasteiger partial charge is 0.232 e. The van der Waals surface area contributed by atoms with E-state index >= 15 is 0 Å². The highest BCUT2D eigenvalue weighted by atomic mass is 79.9. The van der Waals surface area contributed by atoms with Gasteiger partial charge in [0.15, 0.2) is 0 Å². The Balaban J connectivity index is 2.39. The molecule has 0 fully saturated rings. The summed E-state index contributed by atoms with van der Waals surface area (Å²) in [6.07, 6.45) is 2.57. The highest BCUT2D eigenvalue weighted by molar-refractivity contribution is 9.10. The van der Waals surface area contributed by atoms with Gasteiger partial charge in [-0.3, -0.25) is 4.72 Å². The lowest BCUT2D eigenvalue weighted by molar-refractivity contribution is 0.590. The van der Waals surface area contributed by atoms with Gasteiger partial charge in [-0.05, 0) is 66.5 Å². The van der Waals surface area contributed by atoms with Crippen LogP contribution in [0.15, 0.2) is 22.7 Å². The molecule has 0 unspecified atom stereocenters. The molecule has 0 amide bonds. The predicted octanol–water partition coefficient (Wildman–Crippen LogP) is 3.62. The largest absolute Gasteiger partial charge is 0.317 e. The first-order valence-electron chi connectivity index (χ1n) is 6.61. The second-order valence-corrected chi connectivity index (χ2v) is 7.61. The highest BCUT2D eigenvalue weighted by Crippen LogP contribution is 2.26. The number of unbranched alkanes of at least 4 members (excludes halogenated alkanes) is 1. The Bertz CT molecular complexity index is 523. The van der Waals surface area contributed by atoms with Crippen LogP contribution in [0, 0.1) is 0 Å². The molecule has 0 radical (unpaired) electrons. The van der Waals surface area contributed by atoms with Crippen molar-refractivity contribution in [1.82, 2.24) is 5.32 Å². The zero-order chi connectivity index (χ0) is 15.0. The SMILES string of the molecule is CCCNCCCCS(=O)(=O)Nc1ccc(Br)c(Cl)c1. The van der Waals surface area contributed by atoms with Gasteiger partial charge in [0.25, 0.3) is 0 Å². The first-order chi connectivity index (χ1) is 9.44. The van der Waals surface area contributed by atoms with Crippen molar-refractivity contribution in [2.45, 2.75) is 26.2 Å². The van der Waals surface area contributed by atoms with E-state index in [1.807, 2.05) is 0 Å². The maximum atomic E-state index is 11.9. The molecule has 0 aliphatic heterocycles. The van der Waals surface area contributed by atoms with Gasteiger partial charge in [0.1, 0.15) is 0 Å². The van der Waals surface area contributed by atoms with E-state index in [0.717, 1.165) is 30.4 Å². The zero-order valence-corrected chi connectivity index (χ0v) is 14.6. The van der Waals surface area contributed by atoms with E-state index in [1.54, 1.807) is 18.2 Å². The molecule has 1 aromatic carbocycles. The average molecular weight is 384 g/mol. The third-order valence-electron chi connectivity index (χ3n) is 2.64. The van der Waals surface area contributed by atoms with Crippen LogP contribution in [0.3, 0.4) is 0 Å². The third kappa shape index (κ3) is 6.92. The monoisotopic (exact) mass is 382 g/mol. The molecular formula is C13H20BrClN2O2S. The number of halogens is 2. The molecule has 0 aromatic heterocycles. The second-order valence-electron chi connectivity index (χ2n) is 4.51. The maximum Gasteiger partial charge on any atom is 0.232 e. The van der Waals surface area contributed by atoms with Gasteiger partial charge in [-0.2, -0.15) is 0 Å². The van der Waals surface area contributed by atoms with E-state index < -0.39 is 10.0 Å². The number of rotatable bonds is 9. The number of nitrogens with one attached hydrogen (secondary N) is 2. The molecule has 0 spiro atoms. The van der Waals surface area contributed by atoms with Crippen molar-refractivity contribution < 1.29 is 8.42 Å². The lowest BCUT2D eigenvalue weighted by Gasteiger charge is -2.09. The molecular weight excluding hydrogens is 364 g/mol. The van der Waals surface area contributed by atoms with Gasteiger partial charge in [0, 0.05) is 4.47 Å². The minimum atomic E-state index is -3.31. The van der Waals surface area contributed by atoms with E-state index in [-0.39, 0.29) is 5.75 Å². The summed E-state index contributed by atoms with van der Waals surface area (Å²) in [5.41, 5.74) is 0.488. The summed E-state index contributed by atoms with van der Waals surface area (Å²) >= 11 is 9.19. The van der Waals surface area contributed by atoms with Gasteiger partial charge in [0.2, 0.25) is 10.0 Å².